The van der Waals surface area contributed by atoms with E-state index in [0.717, 1.165) is 5.56 Å². The van der Waals surface area contributed by atoms with E-state index >= 15 is 0 Å². The topological polar surface area (TPSA) is 56.8 Å². The van der Waals surface area contributed by atoms with Crippen molar-refractivity contribution >= 4 is 5.91 Å². The van der Waals surface area contributed by atoms with Gasteiger partial charge in [-0.2, -0.15) is 0 Å². The number of carbonyl (C=O) groups excluding carboxylic acids is 1. The molecule has 0 fully saturated rings. The minimum absolute atomic E-state index is 0.143. The number of hydrogen-bond donors (Lipinski definition) is 1. The fourth-order valence-corrected chi connectivity index (χ4v) is 2.41. The largest absolute Gasteiger partial charge is 0.493 e. The van der Waals surface area contributed by atoms with Crippen LogP contribution < -0.4 is 19.5 Å². The van der Waals surface area contributed by atoms with Gasteiger partial charge in [0.05, 0.1) is 20.3 Å². The normalized spacial score (nSPS) is 11.5. The van der Waals surface area contributed by atoms with Gasteiger partial charge in [-0.25, -0.2) is 4.39 Å². The van der Waals surface area contributed by atoms with Crippen LogP contribution in [0.4, 0.5) is 4.39 Å². The first kappa shape index (κ1) is 18.6. The molecule has 5 nitrogen and oxygen atoms in total. The van der Waals surface area contributed by atoms with Crippen molar-refractivity contribution in [1.29, 1.82) is 0 Å². The lowest BCUT2D eigenvalue weighted by atomic mass is 10.0. The molecule has 1 unspecified atom stereocenters. The number of benzene rings is 2. The summed E-state index contributed by atoms with van der Waals surface area (Å²) in [6.45, 7) is 1.83. The van der Waals surface area contributed by atoms with Gasteiger partial charge in [-0.15, -0.1) is 0 Å². The third-order valence-electron chi connectivity index (χ3n) is 3.74. The van der Waals surface area contributed by atoms with Gasteiger partial charge in [-0.05, 0) is 48.4 Å². The monoisotopic (exact) mass is 347 g/mol. The Labute approximate surface area is 146 Å². The van der Waals surface area contributed by atoms with E-state index in [4.69, 9.17) is 14.2 Å². The third kappa shape index (κ3) is 5.11. The predicted molar refractivity (Wildman–Crippen MR) is 92.6 cm³/mol. The molecule has 0 saturated heterocycles. The average Bonchev–Trinajstić information content (AvgIpc) is 2.65. The van der Waals surface area contributed by atoms with Crippen LogP contribution in [-0.4, -0.2) is 26.7 Å². The first-order valence-corrected chi connectivity index (χ1v) is 7.97. The molecule has 25 heavy (non-hydrogen) atoms. The summed E-state index contributed by atoms with van der Waals surface area (Å²) in [6.07, 6.45) is 0.706. The van der Waals surface area contributed by atoms with Gasteiger partial charge in [0.15, 0.2) is 18.1 Å². The second-order valence-corrected chi connectivity index (χ2v) is 5.39. The molecule has 2 aromatic rings. The SMILES string of the molecule is CCC(NC(=O)COc1ccc(F)cc1)c1ccc(OC)c(OC)c1. The van der Waals surface area contributed by atoms with Crippen molar-refractivity contribution in [2.45, 2.75) is 19.4 Å². The molecule has 0 radical (unpaired) electrons. The maximum absolute atomic E-state index is 12.9. The van der Waals surface area contributed by atoms with Crippen molar-refractivity contribution in [3.8, 4) is 17.2 Å². The Hall–Kier alpha value is -2.76. The maximum atomic E-state index is 12.9. The number of amides is 1. The molecule has 0 heterocycles. The van der Waals surface area contributed by atoms with E-state index in [1.165, 1.54) is 24.3 Å². The standard InChI is InChI=1S/C19H22FNO4/c1-4-16(13-5-10-17(23-2)18(11-13)24-3)21-19(22)12-25-15-8-6-14(20)7-9-15/h5-11,16H,4,12H2,1-3H3,(H,21,22). The van der Waals surface area contributed by atoms with E-state index in [9.17, 15) is 9.18 Å². The van der Waals surface area contributed by atoms with Crippen LogP contribution in [0.25, 0.3) is 0 Å². The second kappa shape index (κ2) is 8.92. The number of nitrogens with one attached hydrogen (secondary N) is 1. The van der Waals surface area contributed by atoms with Crippen LogP contribution in [0.5, 0.6) is 17.2 Å². The van der Waals surface area contributed by atoms with Gasteiger partial charge < -0.3 is 19.5 Å². The molecule has 0 aliphatic carbocycles. The molecule has 2 rings (SSSR count). The van der Waals surface area contributed by atoms with Gasteiger partial charge in [0.2, 0.25) is 0 Å². The average molecular weight is 347 g/mol. The number of halogens is 1. The molecule has 1 amide bonds. The minimum Gasteiger partial charge on any atom is -0.493 e. The summed E-state index contributed by atoms with van der Waals surface area (Å²) in [6, 6.07) is 10.9. The highest BCUT2D eigenvalue weighted by atomic mass is 19.1. The van der Waals surface area contributed by atoms with Crippen LogP contribution in [-0.2, 0) is 4.79 Å². The van der Waals surface area contributed by atoms with Gasteiger partial charge in [0.1, 0.15) is 11.6 Å². The lowest BCUT2D eigenvalue weighted by Gasteiger charge is -2.19. The fourth-order valence-electron chi connectivity index (χ4n) is 2.41. The number of methoxy groups -OCH3 is 2. The first-order valence-electron chi connectivity index (χ1n) is 7.97. The molecular weight excluding hydrogens is 325 g/mol. The van der Waals surface area contributed by atoms with Gasteiger partial charge in [0.25, 0.3) is 5.91 Å². The molecule has 2 aromatic carbocycles. The smallest absolute Gasteiger partial charge is 0.258 e. The Morgan fingerprint density at radius 2 is 1.76 bits per heavy atom. The number of hydrogen-bond acceptors (Lipinski definition) is 4. The van der Waals surface area contributed by atoms with Crippen molar-refractivity contribution < 1.29 is 23.4 Å². The van der Waals surface area contributed by atoms with Crippen molar-refractivity contribution in [2.24, 2.45) is 0 Å². The molecule has 0 aliphatic heterocycles. The summed E-state index contributed by atoms with van der Waals surface area (Å²) in [5, 5.41) is 2.92. The quantitative estimate of drug-likeness (QED) is 0.794. The number of rotatable bonds is 8. The Kier molecular flexibility index (Phi) is 6.62. The molecule has 0 spiro atoms. The Morgan fingerprint density at radius 3 is 2.36 bits per heavy atom. The summed E-state index contributed by atoms with van der Waals surface area (Å²) in [4.78, 5) is 12.1. The lowest BCUT2D eigenvalue weighted by molar-refractivity contribution is -0.123. The molecular formula is C19H22FNO4. The number of carbonyl (C=O) groups is 1. The summed E-state index contributed by atoms with van der Waals surface area (Å²) >= 11 is 0. The van der Waals surface area contributed by atoms with Crippen LogP contribution in [0.1, 0.15) is 24.9 Å². The zero-order valence-corrected chi connectivity index (χ0v) is 14.5. The van der Waals surface area contributed by atoms with E-state index in [1.54, 1.807) is 20.3 Å². The van der Waals surface area contributed by atoms with Gasteiger partial charge in [0, 0.05) is 0 Å². The third-order valence-corrected chi connectivity index (χ3v) is 3.74. The van der Waals surface area contributed by atoms with E-state index in [1.807, 2.05) is 19.1 Å². The first-order chi connectivity index (χ1) is 12.1. The van der Waals surface area contributed by atoms with Gasteiger partial charge in [-0.1, -0.05) is 13.0 Å². The molecule has 0 saturated carbocycles. The molecule has 6 heteroatoms. The van der Waals surface area contributed by atoms with E-state index < -0.39 is 0 Å². The summed E-state index contributed by atoms with van der Waals surface area (Å²) in [7, 11) is 3.14. The van der Waals surface area contributed by atoms with Crippen molar-refractivity contribution in [2.75, 3.05) is 20.8 Å². The van der Waals surface area contributed by atoms with Gasteiger partial charge >= 0.3 is 0 Å². The molecule has 134 valence electrons. The predicted octanol–water partition coefficient (Wildman–Crippen LogP) is 3.49. The summed E-state index contributed by atoms with van der Waals surface area (Å²) in [5.41, 5.74) is 0.912. The minimum atomic E-state index is -0.351. The molecule has 0 aromatic heterocycles. The van der Waals surface area contributed by atoms with Crippen LogP contribution in [0.3, 0.4) is 0 Å². The summed E-state index contributed by atoms with van der Waals surface area (Å²) < 4.78 is 28.7. The van der Waals surface area contributed by atoms with E-state index in [2.05, 4.69) is 5.32 Å². The zero-order chi connectivity index (χ0) is 18.2. The Bertz CT molecular complexity index is 703. The molecule has 0 aliphatic rings. The van der Waals surface area contributed by atoms with Crippen molar-refractivity contribution in [3.63, 3.8) is 0 Å². The van der Waals surface area contributed by atoms with Crippen LogP contribution in [0.15, 0.2) is 42.5 Å². The van der Waals surface area contributed by atoms with Crippen LogP contribution in [0.2, 0.25) is 0 Å². The highest BCUT2D eigenvalue weighted by Gasteiger charge is 2.15. The second-order valence-electron chi connectivity index (χ2n) is 5.39. The maximum Gasteiger partial charge on any atom is 0.258 e. The van der Waals surface area contributed by atoms with Crippen molar-refractivity contribution in [1.82, 2.24) is 5.32 Å². The Balaban J connectivity index is 1.98. The van der Waals surface area contributed by atoms with Crippen LogP contribution >= 0.6 is 0 Å². The van der Waals surface area contributed by atoms with E-state index in [0.29, 0.717) is 23.7 Å². The Morgan fingerprint density at radius 1 is 1.08 bits per heavy atom. The highest BCUT2D eigenvalue weighted by molar-refractivity contribution is 5.78. The number of ether oxygens (including phenoxy) is 3. The molecule has 0 bridgehead atoms. The molecule has 1 atom stereocenters. The van der Waals surface area contributed by atoms with Crippen molar-refractivity contribution in [3.05, 3.63) is 53.8 Å². The fraction of sp³-hybridized carbons (Fsp3) is 0.316. The molecule has 1 N–H and O–H groups in total. The zero-order valence-electron chi connectivity index (χ0n) is 14.5. The highest BCUT2D eigenvalue weighted by Crippen LogP contribution is 2.30. The lowest BCUT2D eigenvalue weighted by Crippen LogP contribution is -2.32. The van der Waals surface area contributed by atoms with Crippen LogP contribution in [0, 0.1) is 5.82 Å². The summed E-state index contributed by atoms with van der Waals surface area (Å²) in [5.74, 6) is 1.07. The van der Waals surface area contributed by atoms with Gasteiger partial charge in [-0.3, -0.25) is 4.79 Å². The van der Waals surface area contributed by atoms with E-state index in [-0.39, 0.29) is 24.4 Å².